The van der Waals surface area contributed by atoms with E-state index < -0.39 is 0 Å². The molecule has 0 aliphatic carbocycles. The number of nitrogens with zero attached hydrogens (tertiary/aromatic N) is 7. The summed E-state index contributed by atoms with van der Waals surface area (Å²) in [5.41, 5.74) is 2.31. The molecule has 31 heavy (non-hydrogen) atoms. The van der Waals surface area contributed by atoms with Gasteiger partial charge in [0, 0.05) is 49.8 Å². The van der Waals surface area contributed by atoms with Crippen molar-refractivity contribution in [2.45, 2.75) is 70.9 Å². The van der Waals surface area contributed by atoms with Gasteiger partial charge in [-0.1, -0.05) is 53.3 Å². The zero-order chi connectivity index (χ0) is 22.8. The molecule has 8 heteroatoms. The lowest BCUT2D eigenvalue weighted by Gasteiger charge is -2.38. The van der Waals surface area contributed by atoms with Crippen molar-refractivity contribution >= 4 is 17.4 Å². The molecule has 172 valence electrons. The van der Waals surface area contributed by atoms with Gasteiger partial charge in [0.25, 0.3) is 0 Å². The van der Waals surface area contributed by atoms with Crippen molar-refractivity contribution in [2.24, 2.45) is 7.05 Å². The van der Waals surface area contributed by atoms with Gasteiger partial charge in [0.05, 0.1) is 17.6 Å². The van der Waals surface area contributed by atoms with Crippen LogP contribution in [0, 0.1) is 6.92 Å². The van der Waals surface area contributed by atoms with Crippen LogP contribution in [-0.4, -0.2) is 68.1 Å². The van der Waals surface area contributed by atoms with Crippen molar-refractivity contribution < 1.29 is 0 Å². The van der Waals surface area contributed by atoms with Crippen molar-refractivity contribution in [3.05, 3.63) is 23.5 Å². The molecule has 0 N–H and O–H groups in total. The molecule has 0 bridgehead atoms. The van der Waals surface area contributed by atoms with Crippen molar-refractivity contribution in [2.75, 3.05) is 43.4 Å². The number of hydrogen-bond acceptors (Lipinski definition) is 7. The summed E-state index contributed by atoms with van der Waals surface area (Å²) in [5.74, 6) is 2.96. The average molecular weight is 446 g/mol. The molecule has 0 aromatic carbocycles. The summed E-state index contributed by atoms with van der Waals surface area (Å²) in [6, 6.07) is 0. The van der Waals surface area contributed by atoms with Crippen LogP contribution in [0.4, 0.5) is 5.69 Å². The Bertz CT molecular complexity index is 871. The third-order valence-electron chi connectivity index (χ3n) is 5.77. The smallest absolute Gasteiger partial charge is 0.190 e. The van der Waals surface area contributed by atoms with Crippen molar-refractivity contribution in [1.82, 2.24) is 29.6 Å². The fraction of sp³-hybridized carbons (Fsp3) is 0.739. The first-order valence-electron chi connectivity index (χ1n) is 11.3. The van der Waals surface area contributed by atoms with Gasteiger partial charge in [-0.3, -0.25) is 4.90 Å². The van der Waals surface area contributed by atoms with Crippen molar-refractivity contribution in [3.63, 3.8) is 0 Å². The molecule has 0 spiro atoms. The maximum atomic E-state index is 5.03. The van der Waals surface area contributed by atoms with E-state index in [4.69, 9.17) is 9.97 Å². The van der Waals surface area contributed by atoms with Crippen LogP contribution < -0.4 is 4.90 Å². The van der Waals surface area contributed by atoms with E-state index in [1.165, 1.54) is 5.69 Å². The van der Waals surface area contributed by atoms with E-state index in [0.717, 1.165) is 67.4 Å². The first kappa shape index (κ1) is 24.0. The molecule has 2 aromatic heterocycles. The molecular weight excluding hydrogens is 406 g/mol. The zero-order valence-electron chi connectivity index (χ0n) is 20.6. The Kier molecular flexibility index (Phi) is 7.31. The molecule has 3 heterocycles. The minimum Gasteiger partial charge on any atom is -0.366 e. The lowest BCUT2D eigenvalue weighted by Crippen LogP contribution is -2.47. The van der Waals surface area contributed by atoms with Gasteiger partial charge < -0.3 is 9.47 Å². The zero-order valence-corrected chi connectivity index (χ0v) is 21.4. The van der Waals surface area contributed by atoms with E-state index in [1.54, 1.807) is 11.8 Å². The van der Waals surface area contributed by atoms with Gasteiger partial charge >= 0.3 is 0 Å². The second kappa shape index (κ2) is 9.45. The topological polar surface area (TPSA) is 63.0 Å². The highest BCUT2D eigenvalue weighted by Crippen LogP contribution is 2.32. The van der Waals surface area contributed by atoms with E-state index in [2.05, 4.69) is 72.3 Å². The number of anilines is 1. The van der Waals surface area contributed by atoms with E-state index in [1.807, 2.05) is 14.0 Å². The van der Waals surface area contributed by atoms with Gasteiger partial charge in [0.15, 0.2) is 5.16 Å². The maximum absolute atomic E-state index is 5.03. The Balaban J connectivity index is 1.55. The summed E-state index contributed by atoms with van der Waals surface area (Å²) in [4.78, 5) is 14.8. The van der Waals surface area contributed by atoms with Gasteiger partial charge in [0.1, 0.15) is 11.6 Å². The summed E-state index contributed by atoms with van der Waals surface area (Å²) >= 11 is 1.80. The normalized spacial score (nSPS) is 16.2. The van der Waals surface area contributed by atoms with Crippen LogP contribution in [0.25, 0.3) is 0 Å². The number of hydrogen-bond donors (Lipinski definition) is 0. The summed E-state index contributed by atoms with van der Waals surface area (Å²) in [6.45, 7) is 20.6. The van der Waals surface area contributed by atoms with E-state index >= 15 is 0 Å². The summed E-state index contributed by atoms with van der Waals surface area (Å²) in [6.07, 6.45) is 3.22. The average Bonchev–Trinajstić information content (AvgIpc) is 3.02. The highest BCUT2D eigenvalue weighted by molar-refractivity contribution is 7.99. The van der Waals surface area contributed by atoms with Crippen LogP contribution in [-0.2, 0) is 17.9 Å². The molecule has 0 radical (unpaired) electrons. The van der Waals surface area contributed by atoms with Crippen molar-refractivity contribution in [3.8, 4) is 0 Å². The molecule has 1 saturated heterocycles. The summed E-state index contributed by atoms with van der Waals surface area (Å²) in [7, 11) is 2.03. The second-order valence-electron chi connectivity index (χ2n) is 10.5. The maximum Gasteiger partial charge on any atom is 0.190 e. The Hall–Kier alpha value is -1.67. The predicted molar refractivity (Wildman–Crippen MR) is 129 cm³/mol. The first-order valence-corrected chi connectivity index (χ1v) is 12.3. The van der Waals surface area contributed by atoms with Crippen LogP contribution in [0.5, 0.6) is 0 Å². The van der Waals surface area contributed by atoms with Gasteiger partial charge in [-0.15, -0.1) is 10.2 Å². The summed E-state index contributed by atoms with van der Waals surface area (Å²) in [5, 5.41) is 9.38. The van der Waals surface area contributed by atoms with Crippen LogP contribution in [0.1, 0.15) is 65.3 Å². The standard InChI is InChI=1S/C23H39N7S/c1-17-26-27-21(28(17)8)31-15-9-10-29-11-13-30(14-12-29)18-16-24-20(23(5,6)7)25-19(18)22(2,3)4/h16H,9-15H2,1-8H3. The molecule has 7 nitrogen and oxygen atoms in total. The van der Waals surface area contributed by atoms with Crippen LogP contribution in [0.2, 0.25) is 0 Å². The molecule has 1 aliphatic heterocycles. The molecule has 2 aromatic rings. The van der Waals surface area contributed by atoms with Crippen LogP contribution in [0.15, 0.2) is 11.4 Å². The van der Waals surface area contributed by atoms with Gasteiger partial charge in [0.2, 0.25) is 0 Å². The number of aryl methyl sites for hydroxylation is 1. The SMILES string of the molecule is Cc1nnc(SCCCN2CCN(c3cnc(C(C)(C)C)nc3C(C)(C)C)CC2)n1C. The van der Waals surface area contributed by atoms with Crippen LogP contribution >= 0.6 is 11.8 Å². The molecular formula is C23H39N7S. The third-order valence-corrected chi connectivity index (χ3v) is 6.87. The fourth-order valence-corrected chi connectivity index (χ4v) is 4.58. The summed E-state index contributed by atoms with van der Waals surface area (Å²) < 4.78 is 2.06. The first-order chi connectivity index (χ1) is 14.5. The molecule has 0 amide bonds. The number of piperazine rings is 1. The third kappa shape index (κ3) is 5.98. The largest absolute Gasteiger partial charge is 0.366 e. The number of thioether (sulfide) groups is 1. The lowest BCUT2D eigenvalue weighted by atomic mass is 9.89. The quantitative estimate of drug-likeness (QED) is 0.495. The van der Waals surface area contributed by atoms with E-state index in [0.29, 0.717) is 0 Å². The highest BCUT2D eigenvalue weighted by atomic mass is 32.2. The van der Waals surface area contributed by atoms with Crippen LogP contribution in [0.3, 0.4) is 0 Å². The Morgan fingerprint density at radius 1 is 0.968 bits per heavy atom. The molecule has 0 saturated carbocycles. The lowest BCUT2D eigenvalue weighted by molar-refractivity contribution is 0.258. The number of rotatable bonds is 6. The molecule has 3 rings (SSSR count). The van der Waals surface area contributed by atoms with Gasteiger partial charge in [-0.25, -0.2) is 9.97 Å². The van der Waals surface area contributed by atoms with E-state index in [9.17, 15) is 0 Å². The predicted octanol–water partition coefficient (Wildman–Crippen LogP) is 3.81. The second-order valence-corrected chi connectivity index (χ2v) is 11.6. The monoisotopic (exact) mass is 445 g/mol. The molecule has 1 aliphatic rings. The highest BCUT2D eigenvalue weighted by Gasteiger charge is 2.28. The van der Waals surface area contributed by atoms with Gasteiger partial charge in [-0.2, -0.15) is 0 Å². The Labute approximate surface area is 192 Å². The molecule has 0 unspecified atom stereocenters. The van der Waals surface area contributed by atoms with Crippen molar-refractivity contribution in [1.29, 1.82) is 0 Å². The van der Waals surface area contributed by atoms with Gasteiger partial charge in [-0.05, 0) is 19.9 Å². The van der Waals surface area contributed by atoms with E-state index in [-0.39, 0.29) is 10.8 Å². The molecule has 0 atom stereocenters. The molecule has 1 fully saturated rings. The Morgan fingerprint density at radius 2 is 1.65 bits per heavy atom. The fourth-order valence-electron chi connectivity index (χ4n) is 3.70. The number of aromatic nitrogens is 5. The minimum absolute atomic E-state index is 0.00911. The Morgan fingerprint density at radius 3 is 2.19 bits per heavy atom. The minimum atomic E-state index is -0.0427.